The molecule has 0 heterocycles. The molecule has 1 unspecified atom stereocenters. The van der Waals surface area contributed by atoms with E-state index in [9.17, 15) is 23.1 Å². The summed E-state index contributed by atoms with van der Waals surface area (Å²) in [5.41, 5.74) is -0.0525. The number of hydrogen-bond acceptors (Lipinski definition) is 2. The number of carbonyl (C=O) groups excluding carboxylic acids is 1. The lowest BCUT2D eigenvalue weighted by atomic mass is 10.1. The van der Waals surface area contributed by atoms with E-state index in [1.807, 2.05) is 6.07 Å². The highest BCUT2D eigenvalue weighted by molar-refractivity contribution is 5.89. The average Bonchev–Trinajstić information content (AvgIpc) is 2.55. The molecule has 0 aromatic heterocycles. The van der Waals surface area contributed by atoms with Crippen molar-refractivity contribution >= 4 is 11.7 Å². The van der Waals surface area contributed by atoms with Gasteiger partial charge >= 0.3 is 12.2 Å². The van der Waals surface area contributed by atoms with Crippen LogP contribution in [0.3, 0.4) is 0 Å². The Hall–Kier alpha value is -2.54. The first kappa shape index (κ1) is 17.8. The van der Waals surface area contributed by atoms with E-state index in [0.29, 0.717) is 6.42 Å². The van der Waals surface area contributed by atoms with E-state index in [-0.39, 0.29) is 12.2 Å². The number of amides is 2. The number of anilines is 1. The van der Waals surface area contributed by atoms with Crippen molar-refractivity contribution in [2.75, 3.05) is 11.9 Å². The van der Waals surface area contributed by atoms with E-state index in [2.05, 4.69) is 10.6 Å². The molecule has 4 nitrogen and oxygen atoms in total. The summed E-state index contributed by atoms with van der Waals surface area (Å²) in [4.78, 5) is 11.7. The standard InChI is InChI=1S/C17H17F3N2O2/c18-17(19,20)13-7-4-8-14(11-13)22-16(24)21-10-9-15(23)12-5-2-1-3-6-12/h1-8,11,15,23H,9-10H2,(H2,21,22,24). The summed E-state index contributed by atoms with van der Waals surface area (Å²) in [5.74, 6) is 0. The van der Waals surface area contributed by atoms with E-state index >= 15 is 0 Å². The van der Waals surface area contributed by atoms with E-state index in [0.717, 1.165) is 17.7 Å². The van der Waals surface area contributed by atoms with Crippen LogP contribution in [0.15, 0.2) is 54.6 Å². The first-order chi connectivity index (χ1) is 11.4. The summed E-state index contributed by atoms with van der Waals surface area (Å²) in [6.07, 6.45) is -4.89. The van der Waals surface area contributed by atoms with Crippen LogP contribution in [-0.4, -0.2) is 17.7 Å². The van der Waals surface area contributed by atoms with Gasteiger partial charge in [0.2, 0.25) is 0 Å². The molecule has 2 aromatic rings. The van der Waals surface area contributed by atoms with Crippen molar-refractivity contribution in [3.05, 3.63) is 65.7 Å². The molecule has 3 N–H and O–H groups in total. The number of rotatable bonds is 5. The van der Waals surface area contributed by atoms with Gasteiger partial charge in [-0.2, -0.15) is 13.2 Å². The maximum atomic E-state index is 12.6. The van der Waals surface area contributed by atoms with Gasteiger partial charge in [-0.3, -0.25) is 0 Å². The molecule has 2 amide bonds. The number of aliphatic hydroxyl groups is 1. The average molecular weight is 338 g/mol. The largest absolute Gasteiger partial charge is 0.416 e. The summed E-state index contributed by atoms with van der Waals surface area (Å²) in [6.45, 7) is 0.181. The zero-order valence-corrected chi connectivity index (χ0v) is 12.7. The number of nitrogens with one attached hydrogen (secondary N) is 2. The van der Waals surface area contributed by atoms with Crippen LogP contribution in [0.4, 0.5) is 23.7 Å². The highest BCUT2D eigenvalue weighted by Gasteiger charge is 2.30. The quantitative estimate of drug-likeness (QED) is 0.773. The van der Waals surface area contributed by atoms with Gasteiger partial charge in [0.15, 0.2) is 0 Å². The van der Waals surface area contributed by atoms with Crippen molar-refractivity contribution in [3.63, 3.8) is 0 Å². The first-order valence-electron chi connectivity index (χ1n) is 7.31. The molecule has 7 heteroatoms. The van der Waals surface area contributed by atoms with Crippen LogP contribution >= 0.6 is 0 Å². The maximum absolute atomic E-state index is 12.6. The summed E-state index contributed by atoms with van der Waals surface area (Å²) >= 11 is 0. The van der Waals surface area contributed by atoms with Gasteiger partial charge in [0.1, 0.15) is 0 Å². The molecule has 0 radical (unpaired) electrons. The highest BCUT2D eigenvalue weighted by Crippen LogP contribution is 2.30. The monoisotopic (exact) mass is 338 g/mol. The molecule has 24 heavy (non-hydrogen) atoms. The van der Waals surface area contributed by atoms with Gasteiger partial charge in [-0.05, 0) is 30.2 Å². The minimum absolute atomic E-state index is 0.0472. The van der Waals surface area contributed by atoms with Crippen LogP contribution in [0.2, 0.25) is 0 Å². The summed E-state index contributed by atoms with van der Waals surface area (Å²) < 4.78 is 37.8. The molecule has 2 rings (SSSR count). The van der Waals surface area contributed by atoms with Crippen LogP contribution in [0.5, 0.6) is 0 Å². The minimum Gasteiger partial charge on any atom is -0.388 e. The molecular weight excluding hydrogens is 321 g/mol. The molecule has 0 aliphatic rings. The number of benzene rings is 2. The predicted octanol–water partition coefficient (Wildman–Crippen LogP) is 3.95. The molecule has 1 atom stereocenters. The number of aliphatic hydroxyl groups excluding tert-OH is 1. The van der Waals surface area contributed by atoms with Gasteiger partial charge in [-0.15, -0.1) is 0 Å². The normalized spacial score (nSPS) is 12.5. The van der Waals surface area contributed by atoms with Crippen LogP contribution in [0.25, 0.3) is 0 Å². The third kappa shape index (κ3) is 5.27. The van der Waals surface area contributed by atoms with Gasteiger partial charge < -0.3 is 15.7 Å². The third-order valence-electron chi connectivity index (χ3n) is 3.34. The summed E-state index contributed by atoms with van der Waals surface area (Å²) in [6, 6.07) is 12.7. The Kier molecular flexibility index (Phi) is 5.81. The van der Waals surface area contributed by atoms with E-state index in [1.165, 1.54) is 12.1 Å². The van der Waals surface area contributed by atoms with Crippen molar-refractivity contribution in [3.8, 4) is 0 Å². The Bertz CT molecular complexity index is 675. The second-order valence-corrected chi connectivity index (χ2v) is 5.17. The molecule has 2 aromatic carbocycles. The van der Waals surface area contributed by atoms with Crippen molar-refractivity contribution in [1.82, 2.24) is 5.32 Å². The zero-order chi connectivity index (χ0) is 17.6. The molecule has 0 aliphatic heterocycles. The van der Waals surface area contributed by atoms with Gasteiger partial charge in [0, 0.05) is 12.2 Å². The van der Waals surface area contributed by atoms with Gasteiger partial charge in [0.05, 0.1) is 11.7 Å². The molecule has 0 saturated heterocycles. The van der Waals surface area contributed by atoms with Crippen molar-refractivity contribution in [2.24, 2.45) is 0 Å². The number of halogens is 3. The molecule has 0 saturated carbocycles. The fraction of sp³-hybridized carbons (Fsp3) is 0.235. The lowest BCUT2D eigenvalue weighted by Gasteiger charge is -2.13. The lowest BCUT2D eigenvalue weighted by Crippen LogP contribution is -2.30. The predicted molar refractivity (Wildman–Crippen MR) is 84.5 cm³/mol. The summed E-state index contributed by atoms with van der Waals surface area (Å²) in [5, 5.41) is 14.8. The third-order valence-corrected chi connectivity index (χ3v) is 3.34. The molecule has 128 valence electrons. The smallest absolute Gasteiger partial charge is 0.388 e. The Morgan fingerprint density at radius 2 is 1.79 bits per heavy atom. The highest BCUT2D eigenvalue weighted by atomic mass is 19.4. The van der Waals surface area contributed by atoms with Crippen LogP contribution in [-0.2, 0) is 6.18 Å². The second kappa shape index (κ2) is 7.83. The number of carbonyl (C=O) groups is 1. The zero-order valence-electron chi connectivity index (χ0n) is 12.7. The van der Waals surface area contributed by atoms with Crippen LogP contribution < -0.4 is 10.6 Å². The van der Waals surface area contributed by atoms with Crippen molar-refractivity contribution in [2.45, 2.75) is 18.7 Å². The Balaban J connectivity index is 1.81. The fourth-order valence-electron chi connectivity index (χ4n) is 2.11. The molecular formula is C17H17F3N2O2. The number of hydrogen-bond donors (Lipinski definition) is 3. The van der Waals surface area contributed by atoms with E-state index in [1.54, 1.807) is 24.3 Å². The fourth-order valence-corrected chi connectivity index (χ4v) is 2.11. The Morgan fingerprint density at radius 3 is 2.46 bits per heavy atom. The van der Waals surface area contributed by atoms with Crippen molar-refractivity contribution in [1.29, 1.82) is 0 Å². The molecule has 0 spiro atoms. The maximum Gasteiger partial charge on any atom is 0.416 e. The SMILES string of the molecule is O=C(NCCC(O)c1ccccc1)Nc1cccc(C(F)(F)F)c1. The number of alkyl halides is 3. The second-order valence-electron chi connectivity index (χ2n) is 5.17. The molecule has 0 fully saturated rings. The summed E-state index contributed by atoms with van der Waals surface area (Å²) in [7, 11) is 0. The molecule has 0 aliphatic carbocycles. The van der Waals surface area contributed by atoms with E-state index in [4.69, 9.17) is 0 Å². The lowest BCUT2D eigenvalue weighted by molar-refractivity contribution is -0.137. The first-order valence-corrected chi connectivity index (χ1v) is 7.31. The van der Waals surface area contributed by atoms with Gasteiger partial charge in [-0.25, -0.2) is 4.79 Å². The van der Waals surface area contributed by atoms with Gasteiger partial charge in [-0.1, -0.05) is 36.4 Å². The van der Waals surface area contributed by atoms with Crippen LogP contribution in [0.1, 0.15) is 23.7 Å². The minimum atomic E-state index is -4.46. The number of urea groups is 1. The van der Waals surface area contributed by atoms with Crippen LogP contribution in [0, 0.1) is 0 Å². The Morgan fingerprint density at radius 1 is 1.08 bits per heavy atom. The Labute approximate surface area is 137 Å². The van der Waals surface area contributed by atoms with E-state index < -0.39 is 23.9 Å². The molecule has 0 bridgehead atoms. The van der Waals surface area contributed by atoms with Crippen molar-refractivity contribution < 1.29 is 23.1 Å². The van der Waals surface area contributed by atoms with Gasteiger partial charge in [0.25, 0.3) is 0 Å². The topological polar surface area (TPSA) is 61.4 Å².